The highest BCUT2D eigenvalue weighted by molar-refractivity contribution is 7.74. The van der Waals surface area contributed by atoms with Gasteiger partial charge < -0.3 is 29.7 Å². The predicted molar refractivity (Wildman–Crippen MR) is 110 cm³/mol. The molecule has 0 unspecified atom stereocenters. The maximum atomic E-state index is 11.8. The lowest BCUT2D eigenvalue weighted by Gasteiger charge is -2.24. The van der Waals surface area contributed by atoms with Gasteiger partial charge in [0, 0.05) is 20.8 Å². The molecule has 2 aromatic rings. The Bertz CT molecular complexity index is 1120. The molecule has 0 aromatic carbocycles. The molecular formula is C16H18N4O7S3. The number of anilines is 1. The minimum absolute atomic E-state index is 0.0593. The van der Waals surface area contributed by atoms with Crippen molar-refractivity contribution in [1.82, 2.24) is 14.5 Å². The summed E-state index contributed by atoms with van der Waals surface area (Å²) in [5.74, 6) is -1.74. The van der Waals surface area contributed by atoms with E-state index in [1.165, 1.54) is 36.7 Å². The summed E-state index contributed by atoms with van der Waals surface area (Å²) in [6.45, 7) is 3.42. The van der Waals surface area contributed by atoms with Crippen LogP contribution >= 0.6 is 35.8 Å². The number of hydrogen-bond acceptors (Lipinski definition) is 12. The summed E-state index contributed by atoms with van der Waals surface area (Å²) in [4.78, 5) is 41.6. The average Bonchev–Trinajstić information content (AvgIpc) is 3.10. The predicted octanol–water partition coefficient (Wildman–Crippen LogP) is 1.79. The number of esters is 3. The normalized spacial score (nSPS) is 23.3. The van der Waals surface area contributed by atoms with Crippen molar-refractivity contribution in [3.05, 3.63) is 8.59 Å². The summed E-state index contributed by atoms with van der Waals surface area (Å²) in [6, 6.07) is 0. The highest BCUT2D eigenvalue weighted by Gasteiger charge is 2.51. The number of nitrogens with two attached hydrogens (primary N) is 1. The van der Waals surface area contributed by atoms with Crippen molar-refractivity contribution in [2.45, 2.75) is 45.3 Å². The zero-order valence-electron chi connectivity index (χ0n) is 16.1. The number of aromatic amines is 1. The number of nitrogens with zero attached hydrogens (tertiary/aromatic N) is 2. The number of carbonyl (C=O) groups excluding carboxylic acids is 3. The topological polar surface area (TPSA) is 148 Å². The van der Waals surface area contributed by atoms with Crippen molar-refractivity contribution in [1.29, 1.82) is 0 Å². The average molecular weight is 475 g/mol. The molecule has 162 valence electrons. The smallest absolute Gasteiger partial charge is 0.303 e. The number of fused-ring (bicyclic) bond motifs is 1. The molecule has 3 N–H and O–H groups in total. The third kappa shape index (κ3) is 4.50. The summed E-state index contributed by atoms with van der Waals surface area (Å²) in [5, 5.41) is 0. The van der Waals surface area contributed by atoms with Gasteiger partial charge in [0.05, 0.1) is 0 Å². The van der Waals surface area contributed by atoms with Gasteiger partial charge in [-0.05, 0) is 12.2 Å². The summed E-state index contributed by atoms with van der Waals surface area (Å²) in [6.07, 6.45) is -4.04. The Kier molecular flexibility index (Phi) is 6.50. The van der Waals surface area contributed by atoms with Gasteiger partial charge in [0.25, 0.3) is 0 Å². The number of aromatic nitrogens is 3. The number of thiazole rings is 1. The molecule has 1 saturated heterocycles. The van der Waals surface area contributed by atoms with Crippen molar-refractivity contribution >= 4 is 70.0 Å². The van der Waals surface area contributed by atoms with Gasteiger partial charge in [-0.25, -0.2) is 4.98 Å². The third-order valence-electron chi connectivity index (χ3n) is 4.10. The number of nitrogens with one attached hydrogen (secondary N) is 1. The van der Waals surface area contributed by atoms with Gasteiger partial charge in [-0.2, -0.15) is 0 Å². The Morgan fingerprint density at radius 1 is 1.17 bits per heavy atom. The Hall–Kier alpha value is -2.42. The number of nitrogen functional groups attached to an aromatic ring is 1. The Labute approximate surface area is 184 Å². The van der Waals surface area contributed by atoms with Gasteiger partial charge in [0.15, 0.2) is 33.0 Å². The largest absolute Gasteiger partial charge is 0.463 e. The SMILES string of the molecule is CC(=O)OC[C@H]1O[C@@H](n2c(=S)sc3c(=S)nc(N)[nH]c32)[C@H](OC(C)=O)[C@H]1OC(C)=O. The fourth-order valence-corrected chi connectivity index (χ4v) is 4.70. The van der Waals surface area contributed by atoms with Gasteiger partial charge in [-0.3, -0.25) is 19.0 Å². The van der Waals surface area contributed by atoms with E-state index in [-0.39, 0.29) is 17.2 Å². The van der Waals surface area contributed by atoms with Gasteiger partial charge in [-0.15, -0.1) is 0 Å². The second-order valence-electron chi connectivity index (χ2n) is 6.36. The van der Waals surface area contributed by atoms with Gasteiger partial charge in [0.1, 0.15) is 23.1 Å². The summed E-state index contributed by atoms with van der Waals surface area (Å²) in [5.41, 5.74) is 6.21. The number of ether oxygens (including phenoxy) is 4. The first-order valence-corrected chi connectivity index (χ1v) is 10.3. The molecule has 14 heteroatoms. The van der Waals surface area contributed by atoms with E-state index in [1.807, 2.05) is 0 Å². The molecule has 11 nitrogen and oxygen atoms in total. The van der Waals surface area contributed by atoms with Gasteiger partial charge in [0.2, 0.25) is 0 Å². The van der Waals surface area contributed by atoms with Crippen LogP contribution in [-0.2, 0) is 33.3 Å². The zero-order chi connectivity index (χ0) is 22.2. The maximum absolute atomic E-state index is 11.8. The third-order valence-corrected chi connectivity index (χ3v) is 5.93. The summed E-state index contributed by atoms with van der Waals surface area (Å²) in [7, 11) is 0. The fourth-order valence-electron chi connectivity index (χ4n) is 3.09. The highest BCUT2D eigenvalue weighted by Crippen LogP contribution is 2.38. The Morgan fingerprint density at radius 3 is 2.40 bits per heavy atom. The zero-order valence-corrected chi connectivity index (χ0v) is 18.5. The molecule has 3 heterocycles. The van der Waals surface area contributed by atoms with Crippen molar-refractivity contribution in [2.75, 3.05) is 12.3 Å². The van der Waals surface area contributed by atoms with Crippen LogP contribution < -0.4 is 5.73 Å². The molecular weight excluding hydrogens is 456 g/mol. The first-order chi connectivity index (χ1) is 14.1. The molecule has 3 rings (SSSR count). The van der Waals surface area contributed by atoms with Crippen LogP contribution in [0.15, 0.2) is 0 Å². The van der Waals surface area contributed by atoms with Crippen LogP contribution in [0, 0.1) is 8.59 Å². The molecule has 0 radical (unpaired) electrons. The van der Waals surface area contributed by atoms with E-state index in [9.17, 15) is 14.4 Å². The molecule has 1 fully saturated rings. The number of hydrogen-bond donors (Lipinski definition) is 2. The van der Waals surface area contributed by atoms with E-state index >= 15 is 0 Å². The van der Waals surface area contributed by atoms with Crippen LogP contribution in [0.5, 0.6) is 0 Å². The Balaban J connectivity index is 2.13. The van der Waals surface area contributed by atoms with E-state index in [2.05, 4.69) is 9.97 Å². The molecule has 1 aliphatic rings. The molecule has 2 aromatic heterocycles. The molecule has 0 aliphatic carbocycles. The lowest BCUT2D eigenvalue weighted by Crippen LogP contribution is -2.40. The molecule has 1 aliphatic heterocycles. The molecule has 0 spiro atoms. The molecule has 0 bridgehead atoms. The quantitative estimate of drug-likeness (QED) is 0.371. The van der Waals surface area contributed by atoms with Crippen LogP contribution in [-0.4, -0.2) is 57.4 Å². The molecule has 4 atom stereocenters. The first-order valence-electron chi connectivity index (χ1n) is 8.62. The van der Waals surface area contributed by atoms with Crippen LogP contribution in [0.3, 0.4) is 0 Å². The second-order valence-corrected chi connectivity index (χ2v) is 8.39. The number of H-pyrrole nitrogens is 1. The highest BCUT2D eigenvalue weighted by atomic mass is 32.1. The lowest BCUT2D eigenvalue weighted by molar-refractivity contribution is -0.166. The van der Waals surface area contributed by atoms with Crippen LogP contribution in [0.25, 0.3) is 10.3 Å². The van der Waals surface area contributed by atoms with Gasteiger partial charge >= 0.3 is 17.9 Å². The van der Waals surface area contributed by atoms with E-state index in [0.29, 0.717) is 14.3 Å². The molecule has 0 saturated carbocycles. The van der Waals surface area contributed by atoms with Crippen molar-refractivity contribution in [2.24, 2.45) is 0 Å². The van der Waals surface area contributed by atoms with E-state index in [0.717, 1.165) is 0 Å². The summed E-state index contributed by atoms with van der Waals surface area (Å²) < 4.78 is 24.5. The Morgan fingerprint density at radius 2 is 1.80 bits per heavy atom. The van der Waals surface area contributed by atoms with E-state index < -0.39 is 42.4 Å². The van der Waals surface area contributed by atoms with E-state index in [1.54, 1.807) is 0 Å². The van der Waals surface area contributed by atoms with Crippen LogP contribution in [0.4, 0.5) is 5.95 Å². The van der Waals surface area contributed by atoms with Crippen molar-refractivity contribution in [3.8, 4) is 0 Å². The minimum Gasteiger partial charge on any atom is -0.463 e. The molecule has 0 amide bonds. The standard InChI is InChI=1S/C16H18N4O7S3/c1-5(21)24-4-8-9(25-6(2)22)10(26-7(3)23)14(27-8)20-12-11(30-16(20)29)13(28)19-15(17)18-12/h8-10,14H,4H2,1-3H3,(H3,17,18,19,28)/t8-,9+,10-,14-/m1/s1. The molecule has 30 heavy (non-hydrogen) atoms. The van der Waals surface area contributed by atoms with Gasteiger partial charge in [-0.1, -0.05) is 23.6 Å². The summed E-state index contributed by atoms with van der Waals surface area (Å²) >= 11 is 11.9. The minimum atomic E-state index is -1.08. The number of rotatable bonds is 5. The monoisotopic (exact) mass is 474 g/mol. The van der Waals surface area contributed by atoms with E-state index in [4.69, 9.17) is 49.1 Å². The first kappa shape index (κ1) is 22.3. The number of carbonyl (C=O) groups is 3. The van der Waals surface area contributed by atoms with Crippen LogP contribution in [0.2, 0.25) is 0 Å². The van der Waals surface area contributed by atoms with Crippen LogP contribution in [0.1, 0.15) is 27.0 Å². The lowest BCUT2D eigenvalue weighted by atomic mass is 10.1. The maximum Gasteiger partial charge on any atom is 0.303 e. The second kappa shape index (κ2) is 8.75. The van der Waals surface area contributed by atoms with Crippen molar-refractivity contribution in [3.63, 3.8) is 0 Å². The fraction of sp³-hybridized carbons (Fsp3) is 0.500. The van der Waals surface area contributed by atoms with Crippen molar-refractivity contribution < 1.29 is 33.3 Å².